The van der Waals surface area contributed by atoms with Crippen molar-refractivity contribution in [1.29, 1.82) is 0 Å². The van der Waals surface area contributed by atoms with Crippen LogP contribution in [0.1, 0.15) is 13.8 Å². The van der Waals surface area contributed by atoms with Gasteiger partial charge in [-0.25, -0.2) is 0 Å². The highest BCUT2D eigenvalue weighted by atomic mass is 35.5. The van der Waals surface area contributed by atoms with E-state index in [4.69, 9.17) is 36.4 Å². The van der Waals surface area contributed by atoms with Crippen molar-refractivity contribution in [2.45, 2.75) is 18.7 Å². The molecule has 0 N–H and O–H groups in total. The molecule has 0 aromatic heterocycles. The molecule has 0 radical (unpaired) electrons. The summed E-state index contributed by atoms with van der Waals surface area (Å²) in [6.07, 6.45) is -0.736. The fraction of sp³-hybridized carbons (Fsp3) is 0.455. The fourth-order valence-electron chi connectivity index (χ4n) is 1.37. The molecule has 0 aliphatic rings. The summed E-state index contributed by atoms with van der Waals surface area (Å²) < 4.78 is 50.9. The zero-order valence-corrected chi connectivity index (χ0v) is 14.6. The summed E-state index contributed by atoms with van der Waals surface area (Å²) in [5.41, 5.74) is 0. The second-order valence-corrected chi connectivity index (χ2v) is 8.15. The van der Waals surface area contributed by atoms with Gasteiger partial charge in [0.15, 0.2) is 6.35 Å². The molecule has 0 heterocycles. The van der Waals surface area contributed by atoms with Crippen molar-refractivity contribution < 1.29 is 26.2 Å². The normalized spacial score (nSPS) is 12.6. The number of hydrogen-bond donors (Lipinski definition) is 0. The third-order valence-electron chi connectivity index (χ3n) is 2.18. The van der Waals surface area contributed by atoms with Crippen LogP contribution in [-0.2, 0) is 27.9 Å². The van der Waals surface area contributed by atoms with E-state index in [-0.39, 0.29) is 28.2 Å². The summed E-state index contributed by atoms with van der Waals surface area (Å²) in [6, 6.07) is 3.91. The molecule has 1 aromatic rings. The van der Waals surface area contributed by atoms with Gasteiger partial charge in [-0.3, -0.25) is 8.75 Å². The lowest BCUT2D eigenvalue weighted by molar-refractivity contribution is 0.198. The van der Waals surface area contributed by atoms with Gasteiger partial charge in [0.1, 0.15) is 4.90 Å². The third kappa shape index (κ3) is 5.53. The maximum absolute atomic E-state index is 12.2. The van der Waals surface area contributed by atoms with Crippen molar-refractivity contribution in [1.82, 2.24) is 0 Å². The Hall–Kier alpha value is -0.140. The molecule has 0 saturated carbocycles. The number of hydrogen-bond acceptors (Lipinski definition) is 6. The van der Waals surface area contributed by atoms with Crippen LogP contribution in [-0.4, -0.2) is 28.0 Å². The van der Waals surface area contributed by atoms with Crippen molar-refractivity contribution >= 4 is 40.9 Å². The van der Waals surface area contributed by atoms with Crippen LogP contribution >= 0.6 is 30.8 Å². The summed E-state index contributed by atoms with van der Waals surface area (Å²) in [5.74, 6) is 0. The Labute approximate surface area is 134 Å². The van der Waals surface area contributed by atoms with Crippen molar-refractivity contribution in [2.24, 2.45) is 0 Å². The van der Waals surface area contributed by atoms with Crippen LogP contribution in [0.4, 0.5) is 0 Å². The average Bonchev–Trinajstić information content (AvgIpc) is 2.40. The van der Waals surface area contributed by atoms with Crippen LogP contribution < -0.4 is 0 Å². The Morgan fingerprint density at radius 2 is 1.71 bits per heavy atom. The molecule has 1 aromatic carbocycles. The summed E-state index contributed by atoms with van der Waals surface area (Å²) in [4.78, 5) is -0.309. The van der Waals surface area contributed by atoms with Gasteiger partial charge in [0.25, 0.3) is 10.1 Å². The molecule has 0 unspecified atom stereocenters. The zero-order chi connectivity index (χ0) is 16.1. The molecule has 0 fully saturated rings. The van der Waals surface area contributed by atoms with E-state index in [0.29, 0.717) is 0 Å². The second-order valence-electron chi connectivity index (χ2n) is 3.72. The van der Waals surface area contributed by atoms with Crippen LogP contribution in [0.5, 0.6) is 0 Å². The molecule has 0 spiro atoms. The van der Waals surface area contributed by atoms with E-state index in [1.807, 2.05) is 0 Å². The van der Waals surface area contributed by atoms with Gasteiger partial charge in [0.2, 0.25) is 0 Å². The third-order valence-corrected chi connectivity index (χ3v) is 6.08. The molecule has 21 heavy (non-hydrogen) atoms. The molecule has 6 nitrogen and oxygen atoms in total. The van der Waals surface area contributed by atoms with E-state index in [9.17, 15) is 13.0 Å². The van der Waals surface area contributed by atoms with Crippen LogP contribution in [0, 0.1) is 0 Å². The van der Waals surface area contributed by atoms with Gasteiger partial charge in [-0.15, -0.1) is 0 Å². The van der Waals surface area contributed by atoms with Crippen LogP contribution in [0.15, 0.2) is 23.1 Å². The van der Waals surface area contributed by atoms with Crippen molar-refractivity contribution in [3.05, 3.63) is 28.2 Å². The van der Waals surface area contributed by atoms with E-state index in [1.165, 1.54) is 12.1 Å². The first kappa shape index (κ1) is 18.9. The molecule has 120 valence electrons. The summed E-state index contributed by atoms with van der Waals surface area (Å²) in [6.45, 7) is 3.40. The molecule has 0 aliphatic carbocycles. The Bertz CT molecular complexity index is 624. The fourth-order valence-corrected chi connectivity index (χ4v) is 4.80. The summed E-state index contributed by atoms with van der Waals surface area (Å²) in [5, 5.41) is 0.126. The molecule has 1 rings (SSSR count). The predicted octanol–water partition coefficient (Wildman–Crippen LogP) is 3.92. The van der Waals surface area contributed by atoms with Gasteiger partial charge >= 0.3 is 7.60 Å². The lowest BCUT2D eigenvalue weighted by Crippen LogP contribution is -2.11. The average molecular weight is 377 g/mol. The Kier molecular flexibility index (Phi) is 7.13. The van der Waals surface area contributed by atoms with Crippen LogP contribution in [0.25, 0.3) is 0 Å². The molecule has 10 heteroatoms. The van der Waals surface area contributed by atoms with E-state index in [1.54, 1.807) is 13.8 Å². The minimum atomic E-state index is -4.23. The zero-order valence-electron chi connectivity index (χ0n) is 11.4. The van der Waals surface area contributed by atoms with Gasteiger partial charge in [0.05, 0.1) is 18.2 Å². The topological polar surface area (TPSA) is 78.9 Å². The van der Waals surface area contributed by atoms with E-state index in [2.05, 4.69) is 0 Å². The predicted molar refractivity (Wildman–Crippen MR) is 80.5 cm³/mol. The molecule has 0 amide bonds. The highest BCUT2D eigenvalue weighted by Crippen LogP contribution is 2.48. The molecular formula is C11H15Cl2O6PS. The highest BCUT2D eigenvalue weighted by molar-refractivity contribution is 7.87. The Morgan fingerprint density at radius 3 is 2.24 bits per heavy atom. The first-order valence-electron chi connectivity index (χ1n) is 5.96. The first-order valence-corrected chi connectivity index (χ1v) is 9.86. The maximum atomic E-state index is 12.2. The second kappa shape index (κ2) is 7.92. The van der Waals surface area contributed by atoms with Crippen LogP contribution in [0.3, 0.4) is 0 Å². The van der Waals surface area contributed by atoms with Crippen molar-refractivity contribution in [2.75, 3.05) is 19.6 Å². The minimum Gasteiger partial charge on any atom is -0.307 e. The highest BCUT2D eigenvalue weighted by Gasteiger charge is 2.29. The van der Waals surface area contributed by atoms with Gasteiger partial charge < -0.3 is 9.05 Å². The number of benzene rings is 1. The van der Waals surface area contributed by atoms with E-state index < -0.39 is 24.1 Å². The van der Waals surface area contributed by atoms with Gasteiger partial charge in [-0.2, -0.15) is 8.42 Å². The van der Waals surface area contributed by atoms with Crippen LogP contribution in [0.2, 0.25) is 10.0 Å². The largest absolute Gasteiger partial charge is 0.357 e. The monoisotopic (exact) mass is 376 g/mol. The molecule has 0 aliphatic heterocycles. The molecule has 0 atom stereocenters. The number of rotatable bonds is 8. The minimum absolute atomic E-state index is 0.0537. The van der Waals surface area contributed by atoms with Gasteiger partial charge in [0, 0.05) is 5.02 Å². The molecule has 0 saturated heterocycles. The number of halogens is 2. The maximum Gasteiger partial charge on any atom is 0.357 e. The van der Waals surface area contributed by atoms with Gasteiger partial charge in [-0.05, 0) is 32.0 Å². The van der Waals surface area contributed by atoms with E-state index >= 15 is 0 Å². The van der Waals surface area contributed by atoms with E-state index in [0.717, 1.165) is 6.07 Å². The lowest BCUT2D eigenvalue weighted by atomic mass is 10.4. The summed E-state index contributed by atoms with van der Waals surface area (Å²) in [7, 11) is -7.87. The van der Waals surface area contributed by atoms with Crippen molar-refractivity contribution in [3.8, 4) is 0 Å². The molecular weight excluding hydrogens is 362 g/mol. The van der Waals surface area contributed by atoms with Gasteiger partial charge in [-0.1, -0.05) is 23.2 Å². The molecule has 0 bridgehead atoms. The SMILES string of the molecule is CCOP(=O)(COS(=O)(=O)c1cc(Cl)ccc1Cl)OCC. The quantitative estimate of drug-likeness (QED) is 0.505. The Morgan fingerprint density at radius 1 is 1.14 bits per heavy atom. The Balaban J connectivity index is 2.95. The first-order chi connectivity index (χ1) is 9.74. The lowest BCUT2D eigenvalue weighted by Gasteiger charge is -2.16. The van der Waals surface area contributed by atoms with Crippen molar-refractivity contribution in [3.63, 3.8) is 0 Å². The smallest absolute Gasteiger partial charge is 0.307 e. The summed E-state index contributed by atoms with van der Waals surface area (Å²) >= 11 is 11.5. The standard InChI is InChI=1S/C11H15Cl2O6PS/c1-3-17-20(14,18-4-2)8-19-21(15,16)11-7-9(12)5-6-10(11)13/h5-7H,3-4,8H2,1-2H3.